The monoisotopic (exact) mass is 201 g/mol. The van der Waals surface area contributed by atoms with Gasteiger partial charge in [-0.15, -0.1) is 0 Å². The lowest BCUT2D eigenvalue weighted by atomic mass is 10.1. The molecule has 0 aromatic heterocycles. The first-order valence-corrected chi connectivity index (χ1v) is 5.87. The van der Waals surface area contributed by atoms with Crippen molar-refractivity contribution in [2.24, 2.45) is 0 Å². The largest absolute Gasteiger partial charge is 0.359 e. The molecular weight excluding hydrogens is 174 g/mol. The molecule has 1 N–H and O–H groups in total. The number of amides is 1. The van der Waals surface area contributed by atoms with E-state index in [1.54, 1.807) is 7.05 Å². The van der Waals surface area contributed by atoms with Crippen LogP contribution in [0.5, 0.6) is 0 Å². The lowest BCUT2D eigenvalue weighted by Crippen LogP contribution is -2.11. The fourth-order valence-electron chi connectivity index (χ4n) is 1.03. The van der Waals surface area contributed by atoms with Gasteiger partial charge in [-0.2, -0.15) is 0 Å². The summed E-state index contributed by atoms with van der Waals surface area (Å²) in [5.74, 6) is 0.00463. The Hall–Kier alpha value is -0.530. The van der Waals surface area contributed by atoms with E-state index in [1.807, 2.05) is 0 Å². The number of unbranched alkanes of at least 4 members (excludes halogenated alkanes) is 6. The minimum Gasteiger partial charge on any atom is -0.359 e. The molecule has 0 atom stereocenters. The minimum atomic E-state index is 0.00463. The molecule has 1 amide bonds. The Labute approximate surface area is 89.5 Å². The standard InChI is InChI=1S/C9H20.C3H7NO/c1-3-5-7-9-8-6-4-2;1-3(5)4-2/h3-9H2,1-2H3;1-2H3,(H,4,5). The van der Waals surface area contributed by atoms with Gasteiger partial charge >= 0.3 is 0 Å². The van der Waals surface area contributed by atoms with Crippen molar-refractivity contribution in [3.8, 4) is 0 Å². The summed E-state index contributed by atoms with van der Waals surface area (Å²) in [7, 11) is 1.60. The second kappa shape index (κ2) is 15.0. The molecule has 0 rings (SSSR count). The number of carbonyl (C=O) groups is 1. The molecule has 0 fully saturated rings. The third-order valence-corrected chi connectivity index (χ3v) is 2.06. The van der Waals surface area contributed by atoms with Gasteiger partial charge < -0.3 is 5.32 Å². The molecule has 0 aliphatic heterocycles. The van der Waals surface area contributed by atoms with E-state index in [0.717, 1.165) is 0 Å². The topological polar surface area (TPSA) is 29.1 Å². The van der Waals surface area contributed by atoms with E-state index in [1.165, 1.54) is 51.9 Å². The van der Waals surface area contributed by atoms with E-state index < -0.39 is 0 Å². The van der Waals surface area contributed by atoms with Gasteiger partial charge in [0.15, 0.2) is 0 Å². The summed E-state index contributed by atoms with van der Waals surface area (Å²) in [4.78, 5) is 9.70. The van der Waals surface area contributed by atoms with Crippen molar-refractivity contribution in [1.29, 1.82) is 0 Å². The normalized spacial score (nSPS) is 8.86. The SMILES string of the molecule is CCCCCCCCC.CNC(C)=O. The van der Waals surface area contributed by atoms with E-state index in [-0.39, 0.29) is 5.91 Å². The van der Waals surface area contributed by atoms with Gasteiger partial charge in [0.05, 0.1) is 0 Å². The van der Waals surface area contributed by atoms with Crippen LogP contribution in [0.2, 0.25) is 0 Å². The van der Waals surface area contributed by atoms with Crippen LogP contribution in [0.1, 0.15) is 65.7 Å². The number of rotatable bonds is 6. The van der Waals surface area contributed by atoms with E-state index in [9.17, 15) is 4.79 Å². The van der Waals surface area contributed by atoms with Crippen molar-refractivity contribution in [3.05, 3.63) is 0 Å². The molecule has 2 heteroatoms. The van der Waals surface area contributed by atoms with Crippen molar-refractivity contribution in [2.45, 2.75) is 65.7 Å². The number of carbonyl (C=O) groups excluding carboxylic acids is 1. The highest BCUT2D eigenvalue weighted by molar-refractivity contribution is 5.72. The maximum absolute atomic E-state index is 9.70. The summed E-state index contributed by atoms with van der Waals surface area (Å²) in [6.45, 7) is 6.00. The van der Waals surface area contributed by atoms with Gasteiger partial charge in [-0.05, 0) is 0 Å². The quantitative estimate of drug-likeness (QED) is 0.655. The first-order valence-electron chi connectivity index (χ1n) is 5.87. The third kappa shape index (κ3) is 22.5. The van der Waals surface area contributed by atoms with Crippen LogP contribution in [0.15, 0.2) is 0 Å². The van der Waals surface area contributed by atoms with Gasteiger partial charge in [-0.25, -0.2) is 0 Å². The number of hydrogen-bond acceptors (Lipinski definition) is 1. The van der Waals surface area contributed by atoms with Crippen molar-refractivity contribution in [1.82, 2.24) is 5.32 Å². The Kier molecular flexibility index (Phi) is 17.0. The van der Waals surface area contributed by atoms with Crippen LogP contribution in [-0.4, -0.2) is 13.0 Å². The first kappa shape index (κ1) is 15.9. The molecule has 86 valence electrons. The van der Waals surface area contributed by atoms with Crippen LogP contribution in [-0.2, 0) is 4.79 Å². The zero-order valence-corrected chi connectivity index (χ0v) is 10.4. The van der Waals surface area contributed by atoms with E-state index in [4.69, 9.17) is 0 Å². The summed E-state index contributed by atoms with van der Waals surface area (Å²) in [6.07, 6.45) is 9.97. The Morgan fingerprint density at radius 3 is 1.43 bits per heavy atom. The molecule has 0 radical (unpaired) electrons. The highest BCUT2D eigenvalue weighted by Gasteiger charge is 1.85. The zero-order valence-electron chi connectivity index (χ0n) is 10.4. The lowest BCUT2D eigenvalue weighted by molar-refractivity contribution is -0.118. The van der Waals surface area contributed by atoms with Gasteiger partial charge in [-0.3, -0.25) is 4.79 Å². The van der Waals surface area contributed by atoms with Crippen molar-refractivity contribution < 1.29 is 4.79 Å². The summed E-state index contributed by atoms with van der Waals surface area (Å²) in [5, 5.41) is 2.39. The fourth-order valence-corrected chi connectivity index (χ4v) is 1.03. The molecule has 0 aromatic carbocycles. The van der Waals surface area contributed by atoms with Gasteiger partial charge in [0.2, 0.25) is 5.91 Å². The molecule has 0 spiro atoms. The lowest BCUT2D eigenvalue weighted by Gasteiger charge is -1.96. The maximum atomic E-state index is 9.70. The van der Waals surface area contributed by atoms with Crippen LogP contribution < -0.4 is 5.32 Å². The highest BCUT2D eigenvalue weighted by atomic mass is 16.1. The molecule has 2 nitrogen and oxygen atoms in total. The molecular formula is C12H27NO. The van der Waals surface area contributed by atoms with Gasteiger partial charge in [-0.1, -0.05) is 58.8 Å². The molecule has 0 unspecified atom stereocenters. The zero-order chi connectivity index (χ0) is 11.2. The summed E-state index contributed by atoms with van der Waals surface area (Å²) in [6, 6.07) is 0. The Morgan fingerprint density at radius 2 is 1.21 bits per heavy atom. The van der Waals surface area contributed by atoms with Gasteiger partial charge in [0.1, 0.15) is 0 Å². The Bertz CT molecular complexity index is 107. The Balaban J connectivity index is 0. The molecule has 0 heterocycles. The number of hydrogen-bond donors (Lipinski definition) is 1. The van der Waals surface area contributed by atoms with Crippen LogP contribution in [0.3, 0.4) is 0 Å². The van der Waals surface area contributed by atoms with Crippen LogP contribution in [0.25, 0.3) is 0 Å². The molecule has 0 saturated heterocycles. The van der Waals surface area contributed by atoms with Gasteiger partial charge in [0.25, 0.3) is 0 Å². The van der Waals surface area contributed by atoms with Crippen LogP contribution in [0, 0.1) is 0 Å². The average molecular weight is 201 g/mol. The minimum absolute atomic E-state index is 0.00463. The summed E-state index contributed by atoms with van der Waals surface area (Å²) < 4.78 is 0. The van der Waals surface area contributed by atoms with E-state index in [0.29, 0.717) is 0 Å². The molecule has 0 aliphatic carbocycles. The van der Waals surface area contributed by atoms with Gasteiger partial charge in [0, 0.05) is 14.0 Å². The second-order valence-electron chi connectivity index (χ2n) is 3.57. The smallest absolute Gasteiger partial charge is 0.216 e. The molecule has 14 heavy (non-hydrogen) atoms. The number of nitrogens with one attached hydrogen (secondary N) is 1. The van der Waals surface area contributed by atoms with Crippen LogP contribution in [0.4, 0.5) is 0 Å². The van der Waals surface area contributed by atoms with Crippen molar-refractivity contribution >= 4 is 5.91 Å². The predicted octanol–water partition coefficient (Wildman–Crippen LogP) is 3.51. The van der Waals surface area contributed by atoms with Crippen molar-refractivity contribution in [2.75, 3.05) is 7.05 Å². The predicted molar refractivity (Wildman–Crippen MR) is 63.4 cm³/mol. The summed E-state index contributed by atoms with van der Waals surface area (Å²) >= 11 is 0. The fraction of sp³-hybridized carbons (Fsp3) is 0.917. The maximum Gasteiger partial charge on any atom is 0.216 e. The highest BCUT2D eigenvalue weighted by Crippen LogP contribution is 2.05. The Morgan fingerprint density at radius 1 is 0.929 bits per heavy atom. The van der Waals surface area contributed by atoms with E-state index in [2.05, 4.69) is 19.2 Å². The third-order valence-electron chi connectivity index (χ3n) is 2.06. The van der Waals surface area contributed by atoms with Crippen molar-refractivity contribution in [3.63, 3.8) is 0 Å². The molecule has 0 bridgehead atoms. The van der Waals surface area contributed by atoms with Crippen LogP contribution >= 0.6 is 0 Å². The summed E-state index contributed by atoms with van der Waals surface area (Å²) in [5.41, 5.74) is 0. The first-order chi connectivity index (χ1) is 6.68. The second-order valence-corrected chi connectivity index (χ2v) is 3.57. The van der Waals surface area contributed by atoms with E-state index >= 15 is 0 Å². The molecule has 0 aromatic rings. The average Bonchev–Trinajstić information content (AvgIpc) is 2.19. The molecule has 0 aliphatic rings. The molecule has 0 saturated carbocycles.